The van der Waals surface area contributed by atoms with E-state index in [1.165, 1.54) is 23.5 Å². The van der Waals surface area contributed by atoms with Gasteiger partial charge in [0, 0.05) is 19.3 Å². The highest BCUT2D eigenvalue weighted by atomic mass is 32.2. The number of nitrogens with zero attached hydrogens (tertiary/aromatic N) is 1. The van der Waals surface area contributed by atoms with E-state index in [9.17, 15) is 18.3 Å². The Labute approximate surface area is 120 Å². The molecular formula is C12H14N2O4S2. The average molecular weight is 314 g/mol. The van der Waals surface area contributed by atoms with Crippen molar-refractivity contribution in [3.05, 3.63) is 45.2 Å². The van der Waals surface area contributed by atoms with Crippen molar-refractivity contribution in [2.24, 2.45) is 0 Å². The summed E-state index contributed by atoms with van der Waals surface area (Å²) in [6.07, 6.45) is 0. The van der Waals surface area contributed by atoms with Gasteiger partial charge in [-0.15, -0.1) is 0 Å². The first-order valence-corrected chi connectivity index (χ1v) is 8.00. The highest BCUT2D eigenvalue weighted by Gasteiger charge is 2.25. The van der Waals surface area contributed by atoms with Gasteiger partial charge in [0.1, 0.15) is 5.75 Å². The molecule has 108 valence electrons. The van der Waals surface area contributed by atoms with Crippen molar-refractivity contribution < 1.29 is 13.5 Å². The Morgan fingerprint density at radius 1 is 1.30 bits per heavy atom. The van der Waals surface area contributed by atoms with Gasteiger partial charge in [0.05, 0.1) is 0 Å². The molecular weight excluding hydrogens is 300 g/mol. The third-order valence-electron chi connectivity index (χ3n) is 2.77. The number of aromatic nitrogens is 1. The van der Waals surface area contributed by atoms with Crippen LogP contribution in [0.25, 0.3) is 0 Å². The number of phenols is 1. The van der Waals surface area contributed by atoms with Crippen molar-refractivity contribution in [2.75, 3.05) is 7.05 Å². The molecule has 0 radical (unpaired) electrons. The molecule has 0 bridgehead atoms. The summed E-state index contributed by atoms with van der Waals surface area (Å²) in [5.41, 5.74) is 1.09. The summed E-state index contributed by atoms with van der Waals surface area (Å²) in [6, 6.07) is 6.28. The van der Waals surface area contributed by atoms with Gasteiger partial charge in [-0.25, -0.2) is 8.42 Å². The van der Waals surface area contributed by atoms with Crippen LogP contribution in [0, 0.1) is 6.92 Å². The zero-order chi connectivity index (χ0) is 14.9. The Bertz CT molecular complexity index is 760. The molecule has 0 saturated carbocycles. The second-order valence-electron chi connectivity index (χ2n) is 4.35. The van der Waals surface area contributed by atoms with E-state index in [-0.39, 0.29) is 21.4 Å². The first kappa shape index (κ1) is 14.8. The lowest BCUT2D eigenvalue weighted by molar-refractivity contribution is 0.464. The fraction of sp³-hybridized carbons (Fsp3) is 0.250. The highest BCUT2D eigenvalue weighted by molar-refractivity contribution is 7.91. The third kappa shape index (κ3) is 2.92. The monoisotopic (exact) mass is 314 g/mol. The number of phenolic OH excluding ortho intramolecular Hbond substituents is 1. The van der Waals surface area contributed by atoms with E-state index in [1.54, 1.807) is 19.1 Å². The number of thiazole rings is 1. The number of hydrogen-bond donors (Lipinski definition) is 2. The standard InChI is InChI=1S/C12H14N2O4S2/c1-8-11(19-12(16)13-8)20(17,18)14(2)7-9-3-5-10(15)6-4-9/h3-6,15H,7H2,1-2H3,(H,13,16). The lowest BCUT2D eigenvalue weighted by Gasteiger charge is -2.16. The normalized spacial score (nSPS) is 11.9. The predicted octanol–water partition coefficient (Wildman–Crippen LogP) is 1.27. The van der Waals surface area contributed by atoms with Crippen molar-refractivity contribution in [1.29, 1.82) is 0 Å². The zero-order valence-corrected chi connectivity index (χ0v) is 12.6. The molecule has 0 aliphatic carbocycles. The molecule has 0 aliphatic rings. The number of aromatic hydroxyl groups is 1. The van der Waals surface area contributed by atoms with Crippen LogP contribution in [0.3, 0.4) is 0 Å². The van der Waals surface area contributed by atoms with Crippen LogP contribution in [0.2, 0.25) is 0 Å². The predicted molar refractivity (Wildman–Crippen MR) is 76.4 cm³/mol. The second-order valence-corrected chi connectivity index (χ2v) is 7.58. The van der Waals surface area contributed by atoms with Gasteiger partial charge in [-0.1, -0.05) is 23.5 Å². The van der Waals surface area contributed by atoms with Gasteiger partial charge in [0.2, 0.25) is 0 Å². The fourth-order valence-corrected chi connectivity index (χ4v) is 4.37. The Morgan fingerprint density at radius 3 is 2.40 bits per heavy atom. The van der Waals surface area contributed by atoms with E-state index in [2.05, 4.69) is 4.98 Å². The summed E-state index contributed by atoms with van der Waals surface area (Å²) in [6.45, 7) is 1.72. The van der Waals surface area contributed by atoms with E-state index in [0.717, 1.165) is 5.56 Å². The molecule has 0 aliphatic heterocycles. The van der Waals surface area contributed by atoms with E-state index in [1.807, 2.05) is 0 Å². The van der Waals surface area contributed by atoms with Crippen molar-refractivity contribution in [3.63, 3.8) is 0 Å². The lowest BCUT2D eigenvalue weighted by Crippen LogP contribution is -2.26. The minimum absolute atomic E-state index is 0.0313. The minimum atomic E-state index is -3.70. The molecule has 1 aromatic carbocycles. The molecule has 1 heterocycles. The van der Waals surface area contributed by atoms with Crippen molar-refractivity contribution in [1.82, 2.24) is 9.29 Å². The van der Waals surface area contributed by atoms with Crippen molar-refractivity contribution in [2.45, 2.75) is 17.7 Å². The Morgan fingerprint density at radius 2 is 1.90 bits per heavy atom. The largest absolute Gasteiger partial charge is 0.508 e. The summed E-state index contributed by atoms with van der Waals surface area (Å²) in [5, 5.41) is 9.20. The van der Waals surface area contributed by atoms with Gasteiger partial charge >= 0.3 is 4.87 Å². The lowest BCUT2D eigenvalue weighted by atomic mass is 10.2. The van der Waals surface area contributed by atoms with Gasteiger partial charge in [-0.3, -0.25) is 4.79 Å². The van der Waals surface area contributed by atoms with Crippen LogP contribution < -0.4 is 4.87 Å². The number of rotatable bonds is 4. The molecule has 2 aromatic rings. The highest BCUT2D eigenvalue weighted by Crippen LogP contribution is 2.22. The maximum atomic E-state index is 12.4. The van der Waals surface area contributed by atoms with Crippen LogP contribution in [0.5, 0.6) is 5.75 Å². The maximum Gasteiger partial charge on any atom is 0.305 e. The number of nitrogens with one attached hydrogen (secondary N) is 1. The smallest absolute Gasteiger partial charge is 0.305 e. The topological polar surface area (TPSA) is 90.5 Å². The average Bonchev–Trinajstić information content (AvgIpc) is 2.72. The molecule has 0 saturated heterocycles. The summed E-state index contributed by atoms with van der Waals surface area (Å²) in [5.74, 6) is 0.124. The van der Waals surface area contributed by atoms with Crippen LogP contribution >= 0.6 is 11.3 Å². The van der Waals surface area contributed by atoms with Crippen LogP contribution in [-0.4, -0.2) is 29.9 Å². The molecule has 0 fully saturated rings. The number of aryl methyl sites for hydroxylation is 1. The van der Waals surface area contributed by atoms with Crippen LogP contribution in [0.15, 0.2) is 33.3 Å². The number of sulfonamides is 1. The Balaban J connectivity index is 2.28. The van der Waals surface area contributed by atoms with E-state index in [0.29, 0.717) is 17.0 Å². The molecule has 2 rings (SSSR count). The summed E-state index contributed by atoms with van der Waals surface area (Å²) in [4.78, 5) is 13.3. The molecule has 2 N–H and O–H groups in total. The quantitative estimate of drug-likeness (QED) is 0.889. The number of hydrogen-bond acceptors (Lipinski definition) is 5. The molecule has 20 heavy (non-hydrogen) atoms. The summed E-state index contributed by atoms with van der Waals surface area (Å²) >= 11 is 0.682. The molecule has 8 heteroatoms. The van der Waals surface area contributed by atoms with Crippen molar-refractivity contribution >= 4 is 21.4 Å². The zero-order valence-electron chi connectivity index (χ0n) is 11.0. The van der Waals surface area contributed by atoms with Gasteiger partial charge in [0.15, 0.2) is 4.21 Å². The maximum absolute atomic E-state index is 12.4. The molecule has 0 spiro atoms. The SMILES string of the molecule is Cc1[nH]c(=O)sc1S(=O)(=O)N(C)Cc1ccc(O)cc1. The fourth-order valence-electron chi connectivity index (χ4n) is 1.72. The summed E-state index contributed by atoms with van der Waals surface area (Å²) < 4.78 is 25.9. The molecule has 0 unspecified atom stereocenters. The van der Waals surface area contributed by atoms with E-state index in [4.69, 9.17) is 0 Å². The summed E-state index contributed by atoms with van der Waals surface area (Å²) in [7, 11) is -2.25. The van der Waals surface area contributed by atoms with Gasteiger partial charge in [-0.05, 0) is 24.6 Å². The minimum Gasteiger partial charge on any atom is -0.508 e. The molecule has 6 nitrogen and oxygen atoms in total. The van der Waals surface area contributed by atoms with Gasteiger partial charge in [-0.2, -0.15) is 4.31 Å². The van der Waals surface area contributed by atoms with Gasteiger partial charge in [0.25, 0.3) is 10.0 Å². The first-order chi connectivity index (χ1) is 9.30. The Hall–Kier alpha value is -1.64. The molecule has 0 amide bonds. The van der Waals surface area contributed by atoms with Crippen LogP contribution in [-0.2, 0) is 16.6 Å². The number of aromatic amines is 1. The number of H-pyrrole nitrogens is 1. The third-order valence-corrected chi connectivity index (χ3v) is 6.15. The first-order valence-electron chi connectivity index (χ1n) is 5.74. The second kappa shape index (κ2) is 5.39. The van der Waals surface area contributed by atoms with Crippen LogP contribution in [0.1, 0.15) is 11.3 Å². The number of benzene rings is 1. The van der Waals surface area contributed by atoms with Crippen LogP contribution in [0.4, 0.5) is 0 Å². The molecule has 0 atom stereocenters. The Kier molecular flexibility index (Phi) is 3.98. The molecule has 1 aromatic heterocycles. The van der Waals surface area contributed by atoms with E-state index < -0.39 is 10.0 Å². The van der Waals surface area contributed by atoms with Crippen molar-refractivity contribution in [3.8, 4) is 5.75 Å². The van der Waals surface area contributed by atoms with E-state index >= 15 is 0 Å². The van der Waals surface area contributed by atoms with Gasteiger partial charge < -0.3 is 10.1 Å².